The first-order valence-corrected chi connectivity index (χ1v) is 9.30. The lowest BCUT2D eigenvalue weighted by atomic mass is 10.0. The van der Waals surface area contributed by atoms with Crippen LogP contribution in [-0.2, 0) is 9.47 Å². The number of carbonyl (C=O) groups is 2. The predicted octanol–water partition coefficient (Wildman–Crippen LogP) is 5.02. The number of hydrogen-bond donors (Lipinski definition) is 1. The maximum atomic E-state index is 12.4. The Balaban J connectivity index is 5.05. The van der Waals surface area contributed by atoms with Crippen LogP contribution in [0.5, 0.6) is 0 Å². The van der Waals surface area contributed by atoms with Crippen molar-refractivity contribution in [2.45, 2.75) is 79.1 Å². The molecule has 0 aromatic carbocycles. The Bertz CT molecular complexity index is 461. The van der Waals surface area contributed by atoms with Crippen molar-refractivity contribution in [1.82, 2.24) is 10.4 Å². The Morgan fingerprint density at radius 2 is 1.77 bits per heavy atom. The maximum absolute atomic E-state index is 12.4. The summed E-state index contributed by atoms with van der Waals surface area (Å²) in [5.74, 6) is 0.477. The van der Waals surface area contributed by atoms with E-state index >= 15 is 0 Å². The summed E-state index contributed by atoms with van der Waals surface area (Å²) in [5.41, 5.74) is 2.48. The molecule has 0 aromatic rings. The fourth-order valence-corrected chi connectivity index (χ4v) is 2.22. The zero-order chi connectivity index (χ0) is 20.1. The minimum Gasteiger partial charge on any atom is -0.446 e. The number of carbonyl (C=O) groups excluding carboxylic acids is 2. The highest BCUT2D eigenvalue weighted by Gasteiger charge is 2.26. The Morgan fingerprint density at radius 3 is 2.23 bits per heavy atom. The first kappa shape index (κ1) is 24.0. The summed E-state index contributed by atoms with van der Waals surface area (Å²) in [4.78, 5) is 24.3. The second-order valence-electron chi connectivity index (χ2n) is 6.60. The van der Waals surface area contributed by atoms with E-state index in [-0.39, 0.29) is 12.2 Å². The van der Waals surface area contributed by atoms with Crippen molar-refractivity contribution >= 4 is 12.2 Å². The second kappa shape index (κ2) is 13.3. The van der Waals surface area contributed by atoms with Crippen LogP contribution in [0.25, 0.3) is 0 Å². The summed E-state index contributed by atoms with van der Waals surface area (Å²) in [6.45, 7) is 14.8. The van der Waals surface area contributed by atoms with Gasteiger partial charge in [0.2, 0.25) is 0 Å². The molecule has 2 atom stereocenters. The molecule has 0 fully saturated rings. The van der Waals surface area contributed by atoms with Gasteiger partial charge in [-0.15, -0.1) is 6.58 Å². The summed E-state index contributed by atoms with van der Waals surface area (Å²) in [7, 11) is 0. The smallest absolute Gasteiger partial charge is 0.429 e. The Labute approximate surface area is 158 Å². The topological polar surface area (TPSA) is 67.9 Å². The van der Waals surface area contributed by atoms with E-state index in [9.17, 15) is 9.59 Å². The monoisotopic (exact) mass is 367 g/mol. The molecule has 0 aliphatic carbocycles. The van der Waals surface area contributed by atoms with Gasteiger partial charge in [-0.1, -0.05) is 32.1 Å². The number of nitrogens with one attached hydrogen (secondary N) is 1. The van der Waals surface area contributed by atoms with Gasteiger partial charge in [-0.2, -0.15) is 0 Å². The number of hydrogen-bond acceptors (Lipinski definition) is 4. The number of ether oxygens (including phenoxy) is 2. The van der Waals surface area contributed by atoms with Gasteiger partial charge in [0, 0.05) is 0 Å². The molecule has 6 nitrogen and oxygen atoms in total. The zero-order valence-electron chi connectivity index (χ0n) is 17.0. The van der Waals surface area contributed by atoms with Crippen LogP contribution < -0.4 is 5.43 Å². The number of nitrogens with zero attached hydrogens (tertiary/aromatic N) is 1. The average Bonchev–Trinajstić information content (AvgIpc) is 2.55. The Hall–Kier alpha value is -1.98. The van der Waals surface area contributed by atoms with Crippen LogP contribution in [0.2, 0.25) is 0 Å². The molecule has 0 heterocycles. The summed E-state index contributed by atoms with van der Waals surface area (Å²) in [6, 6.07) is -0.440. The largest absolute Gasteiger partial charge is 0.446 e. The standard InChI is InChI=1S/C20H35N2O4/c1-8-17(9-2)13-11-12-14-18(10-3)22(20(24)26-16(6)7)21-19(23)25-15(4)5/h8,10,12,14-18H,1,9,11,13H2,2-7H3,(H,21,23)/b14-12+/t17-,18?/m1/s1. The average molecular weight is 368 g/mol. The SMILES string of the molecule is C=C[C@H](CC)CC/C=C/C([CH]C)N(NC(=O)OC(C)C)C(=O)OC(C)C. The van der Waals surface area contributed by atoms with Gasteiger partial charge in [-0.25, -0.2) is 20.0 Å². The first-order chi connectivity index (χ1) is 12.2. The molecule has 6 heteroatoms. The van der Waals surface area contributed by atoms with Crippen molar-refractivity contribution < 1.29 is 19.1 Å². The van der Waals surface area contributed by atoms with Crippen molar-refractivity contribution in [3.63, 3.8) is 0 Å². The highest BCUT2D eigenvalue weighted by molar-refractivity contribution is 5.74. The normalized spacial score (nSPS) is 13.5. The Morgan fingerprint density at radius 1 is 1.15 bits per heavy atom. The van der Waals surface area contributed by atoms with Crippen molar-refractivity contribution in [2.75, 3.05) is 0 Å². The lowest BCUT2D eigenvalue weighted by Gasteiger charge is -2.29. The number of amides is 2. The molecule has 0 aliphatic rings. The third-order valence-corrected chi connectivity index (χ3v) is 3.62. The lowest BCUT2D eigenvalue weighted by molar-refractivity contribution is 0.0419. The van der Waals surface area contributed by atoms with Gasteiger partial charge in [-0.05, 0) is 59.3 Å². The van der Waals surface area contributed by atoms with Crippen molar-refractivity contribution in [2.24, 2.45) is 5.92 Å². The molecule has 1 N–H and O–H groups in total. The van der Waals surface area contributed by atoms with E-state index in [2.05, 4.69) is 18.9 Å². The molecule has 1 unspecified atom stereocenters. The number of hydrazine groups is 1. The van der Waals surface area contributed by atoms with Gasteiger partial charge in [0.25, 0.3) is 0 Å². The summed E-state index contributed by atoms with van der Waals surface area (Å²) >= 11 is 0. The third-order valence-electron chi connectivity index (χ3n) is 3.62. The predicted molar refractivity (Wildman–Crippen MR) is 104 cm³/mol. The zero-order valence-corrected chi connectivity index (χ0v) is 17.0. The maximum Gasteiger partial charge on any atom is 0.429 e. The minimum absolute atomic E-state index is 0.289. The van der Waals surface area contributed by atoms with Crippen LogP contribution in [0.1, 0.15) is 60.8 Å². The quantitative estimate of drug-likeness (QED) is 0.434. The molecule has 0 aromatic heterocycles. The van der Waals surface area contributed by atoms with Gasteiger partial charge >= 0.3 is 12.2 Å². The van der Waals surface area contributed by atoms with E-state index in [1.165, 1.54) is 0 Å². The van der Waals surface area contributed by atoms with Crippen molar-refractivity contribution in [1.29, 1.82) is 0 Å². The Kier molecular flexibility index (Phi) is 12.2. The molecule has 0 bridgehead atoms. The molecule has 0 aliphatic heterocycles. The van der Waals surface area contributed by atoms with Crippen LogP contribution >= 0.6 is 0 Å². The molecule has 1 radical (unpaired) electrons. The fraction of sp³-hybridized carbons (Fsp3) is 0.650. The fourth-order valence-electron chi connectivity index (χ4n) is 2.22. The van der Waals surface area contributed by atoms with Crippen LogP contribution in [0.4, 0.5) is 9.59 Å². The van der Waals surface area contributed by atoms with Gasteiger partial charge in [0.15, 0.2) is 0 Å². The van der Waals surface area contributed by atoms with Crippen molar-refractivity contribution in [3.8, 4) is 0 Å². The van der Waals surface area contributed by atoms with Crippen LogP contribution in [0, 0.1) is 12.3 Å². The first-order valence-electron chi connectivity index (χ1n) is 9.30. The van der Waals surface area contributed by atoms with Crippen molar-refractivity contribution in [3.05, 3.63) is 31.2 Å². The van der Waals surface area contributed by atoms with E-state index in [1.54, 1.807) is 34.1 Å². The second-order valence-corrected chi connectivity index (χ2v) is 6.60. The highest BCUT2D eigenvalue weighted by atomic mass is 16.6. The van der Waals surface area contributed by atoms with Crippen LogP contribution in [0.3, 0.4) is 0 Å². The van der Waals surface area contributed by atoms with Gasteiger partial charge in [0.1, 0.15) is 0 Å². The van der Waals surface area contributed by atoms with Crippen LogP contribution in [-0.4, -0.2) is 35.4 Å². The van der Waals surface area contributed by atoms with E-state index in [4.69, 9.17) is 9.47 Å². The third kappa shape index (κ3) is 10.1. The molecule has 26 heavy (non-hydrogen) atoms. The van der Waals surface area contributed by atoms with Gasteiger partial charge in [-0.3, -0.25) is 0 Å². The van der Waals surface area contributed by atoms with E-state index in [0.717, 1.165) is 24.3 Å². The molecular weight excluding hydrogens is 332 g/mol. The molecule has 0 saturated heterocycles. The van der Waals surface area contributed by atoms with E-state index in [0.29, 0.717) is 5.92 Å². The highest BCUT2D eigenvalue weighted by Crippen LogP contribution is 2.13. The summed E-state index contributed by atoms with van der Waals surface area (Å²) < 4.78 is 10.3. The summed E-state index contributed by atoms with van der Waals surface area (Å²) in [6.07, 6.45) is 8.63. The molecule has 2 amide bonds. The molecular formula is C20H35N2O4. The number of rotatable bonds is 10. The molecule has 0 spiro atoms. The minimum atomic E-state index is -0.696. The molecule has 0 rings (SSSR count). The molecule has 0 saturated carbocycles. The lowest BCUT2D eigenvalue weighted by Crippen LogP contribution is -2.52. The number of allylic oxidation sites excluding steroid dienone is 2. The van der Waals surface area contributed by atoms with Gasteiger partial charge in [0.05, 0.1) is 18.2 Å². The summed E-state index contributed by atoms with van der Waals surface area (Å²) in [5, 5.41) is 1.14. The van der Waals surface area contributed by atoms with E-state index in [1.807, 2.05) is 25.2 Å². The van der Waals surface area contributed by atoms with E-state index < -0.39 is 18.2 Å². The molecule has 149 valence electrons. The van der Waals surface area contributed by atoms with Gasteiger partial charge < -0.3 is 9.47 Å². The van der Waals surface area contributed by atoms with Crippen LogP contribution in [0.15, 0.2) is 24.8 Å².